The van der Waals surface area contributed by atoms with E-state index < -0.39 is 33.7 Å². The Morgan fingerprint density at radius 2 is 1.87 bits per heavy atom. The minimum atomic E-state index is -4.07. The van der Waals surface area contributed by atoms with E-state index in [1.807, 2.05) is 0 Å². The highest BCUT2D eigenvalue weighted by molar-refractivity contribution is 7.87. The summed E-state index contributed by atoms with van der Waals surface area (Å²) in [7, 11) is -1.59. The molecular formula is C21H27ClF2N2O4S. The van der Waals surface area contributed by atoms with E-state index in [0.717, 1.165) is 48.5 Å². The van der Waals surface area contributed by atoms with E-state index in [0.29, 0.717) is 18.3 Å². The first kappa shape index (κ1) is 22.7. The summed E-state index contributed by atoms with van der Waals surface area (Å²) < 4.78 is 61.5. The molecule has 0 aromatic heterocycles. The third-order valence-corrected chi connectivity index (χ3v) is 8.72. The van der Waals surface area contributed by atoms with Gasteiger partial charge in [0.15, 0.2) is 0 Å². The van der Waals surface area contributed by atoms with Crippen molar-refractivity contribution in [3.05, 3.63) is 28.5 Å². The summed E-state index contributed by atoms with van der Waals surface area (Å²) in [5.74, 6) is -0.841. The molecule has 3 atom stereocenters. The number of carbonyl (C=O) groups excluding carboxylic acids is 1. The zero-order valence-electron chi connectivity index (χ0n) is 17.5. The van der Waals surface area contributed by atoms with Crippen molar-refractivity contribution in [2.75, 3.05) is 20.7 Å². The van der Waals surface area contributed by atoms with Gasteiger partial charge >= 0.3 is 10.2 Å². The number of halogens is 3. The van der Waals surface area contributed by atoms with Crippen LogP contribution in [0.5, 0.6) is 5.75 Å². The number of amides is 1. The lowest BCUT2D eigenvalue weighted by Gasteiger charge is -2.44. The van der Waals surface area contributed by atoms with E-state index >= 15 is 0 Å². The molecule has 4 fully saturated rings. The van der Waals surface area contributed by atoms with Crippen molar-refractivity contribution < 1.29 is 26.7 Å². The average Bonchev–Trinajstić information content (AvgIpc) is 2.81. The monoisotopic (exact) mass is 476 g/mol. The lowest BCUT2D eigenvalue weighted by Crippen LogP contribution is -2.39. The Bertz CT molecular complexity index is 974. The highest BCUT2D eigenvalue weighted by atomic mass is 35.5. The number of fused-ring (bicyclic) bond motifs is 1. The number of benzene rings is 1. The van der Waals surface area contributed by atoms with Gasteiger partial charge in [0.2, 0.25) is 0 Å². The Morgan fingerprint density at radius 1 is 1.23 bits per heavy atom. The van der Waals surface area contributed by atoms with Crippen LogP contribution in [-0.4, -0.2) is 45.5 Å². The van der Waals surface area contributed by atoms with Crippen molar-refractivity contribution >= 4 is 27.7 Å². The SMILES string of the molecule is CN(C)S(=O)(=O)NC(=O)c1cc(Cl)c(OCC23CC4CC(CC(C4)C(F)C2)C3)cc1F. The van der Waals surface area contributed by atoms with Crippen molar-refractivity contribution in [2.24, 2.45) is 23.2 Å². The molecule has 4 saturated carbocycles. The molecule has 1 aromatic rings. The summed E-state index contributed by atoms with van der Waals surface area (Å²) >= 11 is 6.22. The van der Waals surface area contributed by atoms with Crippen LogP contribution in [0.25, 0.3) is 0 Å². The molecule has 1 aromatic carbocycles. The van der Waals surface area contributed by atoms with Crippen molar-refractivity contribution in [1.82, 2.24) is 9.03 Å². The molecule has 4 aliphatic carbocycles. The maximum Gasteiger partial charge on any atom is 0.303 e. The van der Waals surface area contributed by atoms with Crippen LogP contribution in [0.2, 0.25) is 5.02 Å². The quantitative estimate of drug-likeness (QED) is 0.674. The first-order valence-corrected chi connectivity index (χ1v) is 12.3. The van der Waals surface area contributed by atoms with Gasteiger partial charge in [0.05, 0.1) is 17.2 Å². The van der Waals surface area contributed by atoms with E-state index in [9.17, 15) is 22.0 Å². The number of alkyl halides is 1. The van der Waals surface area contributed by atoms with Crippen LogP contribution in [-0.2, 0) is 10.2 Å². The van der Waals surface area contributed by atoms with Gasteiger partial charge < -0.3 is 4.74 Å². The fraction of sp³-hybridized carbons (Fsp3) is 0.667. The zero-order chi connectivity index (χ0) is 22.6. The zero-order valence-corrected chi connectivity index (χ0v) is 19.1. The Hall–Kier alpha value is -1.45. The predicted octanol–water partition coefficient (Wildman–Crippen LogP) is 3.95. The molecule has 1 N–H and O–H groups in total. The van der Waals surface area contributed by atoms with Crippen LogP contribution in [0.1, 0.15) is 48.9 Å². The number of carbonyl (C=O) groups is 1. The molecule has 0 radical (unpaired) electrons. The first-order chi connectivity index (χ1) is 14.5. The van der Waals surface area contributed by atoms with Gasteiger partial charge in [-0.1, -0.05) is 11.6 Å². The summed E-state index contributed by atoms with van der Waals surface area (Å²) in [6.45, 7) is 0.243. The second-order valence-corrected chi connectivity index (χ2v) is 11.9. The molecule has 4 bridgehead atoms. The topological polar surface area (TPSA) is 75.7 Å². The maximum atomic E-state index is 14.8. The second-order valence-electron chi connectivity index (χ2n) is 9.60. The molecule has 0 aliphatic heterocycles. The van der Waals surface area contributed by atoms with Crippen molar-refractivity contribution in [3.8, 4) is 5.75 Å². The predicted molar refractivity (Wildman–Crippen MR) is 112 cm³/mol. The molecule has 6 nitrogen and oxygen atoms in total. The van der Waals surface area contributed by atoms with E-state index in [1.165, 1.54) is 14.1 Å². The standard InChI is InChI=1S/C21H27ClF2N2O4S/c1-26(2)31(28,29)25-20(27)15-6-16(22)19(7-17(15)23)30-11-21-8-12-3-13(9-21)5-14(4-12)18(24)10-21/h6-7,12-14,18H,3-5,8-11H2,1-2H3,(H,25,27). The molecule has 5 rings (SSSR count). The second kappa shape index (κ2) is 8.15. The Kier molecular flexibility index (Phi) is 5.98. The van der Waals surface area contributed by atoms with E-state index in [4.69, 9.17) is 16.3 Å². The van der Waals surface area contributed by atoms with E-state index in [-0.39, 0.29) is 28.7 Å². The third-order valence-electron chi connectivity index (χ3n) is 7.02. The summed E-state index contributed by atoms with van der Waals surface area (Å²) in [4.78, 5) is 12.2. The van der Waals surface area contributed by atoms with Gasteiger partial charge in [-0.2, -0.15) is 12.7 Å². The third kappa shape index (κ3) is 4.54. The van der Waals surface area contributed by atoms with Crippen LogP contribution in [0.4, 0.5) is 8.78 Å². The molecule has 3 unspecified atom stereocenters. The first-order valence-electron chi connectivity index (χ1n) is 10.5. The van der Waals surface area contributed by atoms with Crippen molar-refractivity contribution in [3.63, 3.8) is 0 Å². The normalized spacial score (nSPS) is 32.2. The highest BCUT2D eigenvalue weighted by Gasteiger charge is 2.51. The summed E-state index contributed by atoms with van der Waals surface area (Å²) in [5.41, 5.74) is -0.786. The lowest BCUT2D eigenvalue weighted by molar-refractivity contribution is 0.0267. The van der Waals surface area contributed by atoms with Gasteiger partial charge in [0.25, 0.3) is 5.91 Å². The van der Waals surface area contributed by atoms with Gasteiger partial charge in [-0.05, 0) is 62.3 Å². The molecule has 4 aliphatic rings. The number of nitrogens with zero attached hydrogens (tertiary/aromatic N) is 1. The molecule has 0 spiro atoms. The number of hydrogen-bond donors (Lipinski definition) is 1. The number of nitrogens with one attached hydrogen (secondary N) is 1. The smallest absolute Gasteiger partial charge is 0.303 e. The van der Waals surface area contributed by atoms with Crippen molar-refractivity contribution in [2.45, 2.75) is 44.7 Å². The van der Waals surface area contributed by atoms with Crippen LogP contribution < -0.4 is 9.46 Å². The molecule has 31 heavy (non-hydrogen) atoms. The summed E-state index contributed by atoms with van der Waals surface area (Å²) in [5, 5.41) is -0.00715. The molecule has 0 heterocycles. The molecule has 10 heteroatoms. The number of rotatable bonds is 6. The van der Waals surface area contributed by atoms with Crippen molar-refractivity contribution in [1.29, 1.82) is 0 Å². The molecular weight excluding hydrogens is 450 g/mol. The highest BCUT2D eigenvalue weighted by Crippen LogP contribution is 2.57. The maximum absolute atomic E-state index is 14.8. The fourth-order valence-electron chi connectivity index (χ4n) is 5.78. The Balaban J connectivity index is 1.50. The largest absolute Gasteiger partial charge is 0.491 e. The van der Waals surface area contributed by atoms with Gasteiger partial charge in [0.1, 0.15) is 17.7 Å². The van der Waals surface area contributed by atoms with Gasteiger partial charge in [-0.15, -0.1) is 0 Å². The van der Waals surface area contributed by atoms with Gasteiger partial charge in [0, 0.05) is 25.6 Å². The minimum absolute atomic E-state index is 0.00715. The van der Waals surface area contributed by atoms with Gasteiger partial charge in [-0.3, -0.25) is 4.79 Å². The Labute approximate surface area is 186 Å². The van der Waals surface area contributed by atoms with Gasteiger partial charge in [-0.25, -0.2) is 13.5 Å². The van der Waals surface area contributed by atoms with E-state index in [1.54, 1.807) is 4.72 Å². The number of ether oxygens (including phenoxy) is 1. The summed E-state index contributed by atoms with van der Waals surface area (Å²) in [6.07, 6.45) is 4.46. The summed E-state index contributed by atoms with van der Waals surface area (Å²) in [6, 6.07) is 2.04. The van der Waals surface area contributed by atoms with Crippen LogP contribution in [0.15, 0.2) is 12.1 Å². The average molecular weight is 477 g/mol. The fourth-order valence-corrected chi connectivity index (χ4v) is 6.53. The molecule has 1 amide bonds. The number of hydrogen-bond acceptors (Lipinski definition) is 4. The van der Waals surface area contributed by atoms with Crippen LogP contribution in [0.3, 0.4) is 0 Å². The minimum Gasteiger partial charge on any atom is -0.491 e. The lowest BCUT2D eigenvalue weighted by atomic mass is 9.62. The molecule has 0 saturated heterocycles. The molecule has 172 valence electrons. The van der Waals surface area contributed by atoms with Crippen LogP contribution in [0, 0.1) is 29.0 Å². The van der Waals surface area contributed by atoms with E-state index in [2.05, 4.69) is 0 Å². The Morgan fingerprint density at radius 3 is 2.48 bits per heavy atom. The van der Waals surface area contributed by atoms with Crippen LogP contribution >= 0.6 is 11.6 Å².